The Labute approximate surface area is 204 Å². The molecule has 1 aliphatic heterocycles. The number of hydrogen-bond acceptors (Lipinski definition) is 9. The number of carbonyl (C=O) groups is 1. The molecule has 11 heteroatoms. The summed E-state index contributed by atoms with van der Waals surface area (Å²) in [5, 5.41) is 13.8. The van der Waals surface area contributed by atoms with Crippen LogP contribution >= 0.6 is 0 Å². The number of rotatable bonds is 11. The van der Waals surface area contributed by atoms with Gasteiger partial charge in [0.05, 0.1) is 31.0 Å². The van der Waals surface area contributed by atoms with Crippen LogP contribution in [0.25, 0.3) is 11.0 Å². The Kier molecular flexibility index (Phi) is 7.89. The van der Waals surface area contributed by atoms with Crippen LogP contribution in [0, 0.1) is 13.8 Å². The molecular formula is C24H34N6O5. The van der Waals surface area contributed by atoms with Crippen molar-refractivity contribution in [3.05, 3.63) is 35.0 Å². The summed E-state index contributed by atoms with van der Waals surface area (Å²) in [6, 6.07) is 3.31. The molecule has 1 unspecified atom stereocenters. The first-order chi connectivity index (χ1) is 16.9. The van der Waals surface area contributed by atoms with Gasteiger partial charge in [-0.25, -0.2) is 9.97 Å². The van der Waals surface area contributed by atoms with E-state index in [1.54, 1.807) is 26.0 Å². The van der Waals surface area contributed by atoms with Crippen molar-refractivity contribution in [1.82, 2.24) is 19.4 Å². The van der Waals surface area contributed by atoms with Crippen LogP contribution in [0.1, 0.15) is 53.7 Å². The highest BCUT2D eigenvalue weighted by Crippen LogP contribution is 2.32. The SMILES string of the molecule is CCCn1c(NC(O)c2oc(C)nc2C)nc2cc(C(N)=O)cc(OCCCN3CCOCC3)c21. The molecule has 0 spiro atoms. The molecule has 1 amide bonds. The third-order valence-electron chi connectivity index (χ3n) is 5.97. The van der Waals surface area contributed by atoms with Crippen LogP contribution in [0.3, 0.4) is 0 Å². The first-order valence-corrected chi connectivity index (χ1v) is 12.0. The highest BCUT2D eigenvalue weighted by molar-refractivity contribution is 5.98. The van der Waals surface area contributed by atoms with Gasteiger partial charge in [-0.3, -0.25) is 9.69 Å². The van der Waals surface area contributed by atoms with Crippen LogP contribution in [0.15, 0.2) is 16.5 Å². The fraction of sp³-hybridized carbons (Fsp3) is 0.542. The average Bonchev–Trinajstić information content (AvgIpc) is 3.36. The second kappa shape index (κ2) is 11.1. The second-order valence-corrected chi connectivity index (χ2v) is 8.68. The molecule has 0 bridgehead atoms. The quantitative estimate of drug-likeness (QED) is 0.275. The van der Waals surface area contributed by atoms with E-state index in [2.05, 4.69) is 27.1 Å². The van der Waals surface area contributed by atoms with Gasteiger partial charge in [-0.2, -0.15) is 0 Å². The van der Waals surface area contributed by atoms with Crippen molar-refractivity contribution in [1.29, 1.82) is 0 Å². The molecule has 190 valence electrons. The molecular weight excluding hydrogens is 452 g/mol. The largest absolute Gasteiger partial charge is 0.491 e. The number of aryl methyl sites for hydroxylation is 3. The summed E-state index contributed by atoms with van der Waals surface area (Å²) in [5.41, 5.74) is 7.79. The number of imidazole rings is 1. The van der Waals surface area contributed by atoms with Gasteiger partial charge in [-0.1, -0.05) is 6.92 Å². The second-order valence-electron chi connectivity index (χ2n) is 8.68. The minimum absolute atomic E-state index is 0.315. The zero-order chi connectivity index (χ0) is 24.9. The molecule has 3 heterocycles. The number of oxazole rings is 1. The van der Waals surface area contributed by atoms with Gasteiger partial charge in [0.15, 0.2) is 17.9 Å². The number of morpholine rings is 1. The minimum atomic E-state index is -1.14. The molecule has 4 rings (SSSR count). The number of nitrogens with one attached hydrogen (secondary N) is 1. The van der Waals surface area contributed by atoms with Crippen LogP contribution in [-0.4, -0.2) is 69.9 Å². The number of fused-ring (bicyclic) bond motifs is 1. The minimum Gasteiger partial charge on any atom is -0.491 e. The predicted molar refractivity (Wildman–Crippen MR) is 130 cm³/mol. The third kappa shape index (κ3) is 5.75. The third-order valence-corrected chi connectivity index (χ3v) is 5.97. The predicted octanol–water partition coefficient (Wildman–Crippen LogP) is 2.35. The van der Waals surface area contributed by atoms with Crippen molar-refractivity contribution in [3.63, 3.8) is 0 Å². The van der Waals surface area contributed by atoms with E-state index in [0.29, 0.717) is 53.3 Å². The maximum absolute atomic E-state index is 12.0. The number of aromatic nitrogens is 3. The van der Waals surface area contributed by atoms with E-state index in [-0.39, 0.29) is 0 Å². The zero-order valence-electron chi connectivity index (χ0n) is 20.5. The number of benzene rings is 1. The van der Waals surface area contributed by atoms with Gasteiger partial charge in [0.1, 0.15) is 11.3 Å². The molecule has 1 fully saturated rings. The van der Waals surface area contributed by atoms with Crippen LogP contribution in [0.4, 0.5) is 5.95 Å². The van der Waals surface area contributed by atoms with E-state index in [4.69, 9.17) is 19.6 Å². The van der Waals surface area contributed by atoms with Crippen molar-refractivity contribution < 1.29 is 23.8 Å². The van der Waals surface area contributed by atoms with E-state index in [1.165, 1.54) is 0 Å². The normalized spacial score (nSPS) is 15.4. The maximum Gasteiger partial charge on any atom is 0.248 e. The van der Waals surface area contributed by atoms with Crippen molar-refractivity contribution in [3.8, 4) is 5.75 Å². The number of nitrogens with zero attached hydrogens (tertiary/aromatic N) is 4. The molecule has 3 aromatic rings. The van der Waals surface area contributed by atoms with Crippen molar-refractivity contribution in [2.75, 3.05) is 44.8 Å². The summed E-state index contributed by atoms with van der Waals surface area (Å²) in [6.07, 6.45) is 0.514. The Balaban J connectivity index is 1.61. The molecule has 35 heavy (non-hydrogen) atoms. The van der Waals surface area contributed by atoms with Gasteiger partial charge in [0.25, 0.3) is 0 Å². The summed E-state index contributed by atoms with van der Waals surface area (Å²) < 4.78 is 19.1. The fourth-order valence-electron chi connectivity index (χ4n) is 4.32. The lowest BCUT2D eigenvalue weighted by Gasteiger charge is -2.26. The Hall–Kier alpha value is -3.15. The number of amides is 1. The first-order valence-electron chi connectivity index (χ1n) is 12.0. The molecule has 0 aliphatic carbocycles. The smallest absolute Gasteiger partial charge is 0.248 e. The number of primary amides is 1. The Morgan fingerprint density at radius 1 is 1.26 bits per heavy atom. The molecule has 1 aliphatic rings. The average molecular weight is 487 g/mol. The molecule has 0 saturated carbocycles. The lowest BCUT2D eigenvalue weighted by Crippen LogP contribution is -2.37. The van der Waals surface area contributed by atoms with E-state index >= 15 is 0 Å². The number of aliphatic hydroxyl groups excluding tert-OH is 1. The van der Waals surface area contributed by atoms with Crippen LogP contribution < -0.4 is 15.8 Å². The van der Waals surface area contributed by atoms with Crippen molar-refractivity contribution in [2.24, 2.45) is 5.73 Å². The van der Waals surface area contributed by atoms with Gasteiger partial charge in [-0.05, 0) is 31.9 Å². The molecule has 1 atom stereocenters. The van der Waals surface area contributed by atoms with Gasteiger partial charge in [-0.15, -0.1) is 0 Å². The van der Waals surface area contributed by atoms with Crippen LogP contribution in [-0.2, 0) is 11.3 Å². The molecule has 1 saturated heterocycles. The maximum atomic E-state index is 12.0. The molecule has 11 nitrogen and oxygen atoms in total. The lowest BCUT2D eigenvalue weighted by molar-refractivity contribution is 0.0358. The van der Waals surface area contributed by atoms with Crippen molar-refractivity contribution >= 4 is 22.9 Å². The Morgan fingerprint density at radius 3 is 2.69 bits per heavy atom. The van der Waals surface area contributed by atoms with Crippen molar-refractivity contribution in [2.45, 2.75) is 46.4 Å². The standard InChI is InChI=1S/C24H34N6O5/c1-4-6-30-20-18(27-24(30)28-23(32)21-15(2)26-16(3)35-21)13-17(22(25)31)14-19(20)34-10-5-7-29-8-11-33-12-9-29/h13-14,23,32H,4-12H2,1-3H3,(H2,25,31)(H,27,28). The lowest BCUT2D eigenvalue weighted by atomic mass is 10.1. The molecule has 0 radical (unpaired) electrons. The van der Waals surface area contributed by atoms with Gasteiger partial charge in [0.2, 0.25) is 11.9 Å². The highest BCUT2D eigenvalue weighted by atomic mass is 16.5. The van der Waals surface area contributed by atoms with Gasteiger partial charge < -0.3 is 34.6 Å². The number of anilines is 1. The van der Waals surface area contributed by atoms with E-state index in [0.717, 1.165) is 51.2 Å². The Morgan fingerprint density at radius 2 is 2.03 bits per heavy atom. The number of carbonyl (C=O) groups excluding carboxylic acids is 1. The van der Waals surface area contributed by atoms with Crippen LogP contribution in [0.5, 0.6) is 5.75 Å². The van der Waals surface area contributed by atoms with E-state index in [1.807, 2.05) is 4.57 Å². The molecule has 1 aromatic carbocycles. The number of aliphatic hydroxyl groups is 1. The Bertz CT molecular complexity index is 1170. The molecule has 4 N–H and O–H groups in total. The topological polar surface area (TPSA) is 141 Å². The summed E-state index contributed by atoms with van der Waals surface area (Å²) in [5.74, 6) is 1.21. The first kappa shape index (κ1) is 25.0. The fourth-order valence-corrected chi connectivity index (χ4v) is 4.32. The zero-order valence-corrected chi connectivity index (χ0v) is 20.5. The van der Waals surface area contributed by atoms with E-state index < -0.39 is 12.1 Å². The monoisotopic (exact) mass is 486 g/mol. The van der Waals surface area contributed by atoms with Gasteiger partial charge >= 0.3 is 0 Å². The van der Waals surface area contributed by atoms with E-state index in [9.17, 15) is 9.90 Å². The summed E-state index contributed by atoms with van der Waals surface area (Å²) >= 11 is 0. The number of hydrogen-bond donors (Lipinski definition) is 3. The molecule has 2 aromatic heterocycles. The summed E-state index contributed by atoms with van der Waals surface area (Å²) in [4.78, 5) is 23.2. The summed E-state index contributed by atoms with van der Waals surface area (Å²) in [6.45, 7) is 10.9. The summed E-state index contributed by atoms with van der Waals surface area (Å²) in [7, 11) is 0. The number of ether oxygens (including phenoxy) is 2. The van der Waals surface area contributed by atoms with Gasteiger partial charge in [0, 0.05) is 38.7 Å². The highest BCUT2D eigenvalue weighted by Gasteiger charge is 2.23. The van der Waals surface area contributed by atoms with Crippen LogP contribution in [0.2, 0.25) is 0 Å². The number of nitrogens with two attached hydrogens (primary N) is 1.